The van der Waals surface area contributed by atoms with Crippen molar-refractivity contribution in [3.8, 4) is 6.07 Å². The van der Waals surface area contributed by atoms with E-state index in [9.17, 15) is 9.18 Å². The zero-order chi connectivity index (χ0) is 17.6. The van der Waals surface area contributed by atoms with Crippen LogP contribution in [0, 0.1) is 17.1 Å². The standard InChI is InChI=1S/C19H13FN4O/c20-14-4-6-15(7-5-14)24-19(25)18-9-8-17(12-22-18)23-16-3-1-2-13(10-16)11-21/h1-10,12,23H,(H,24,25). The molecule has 0 fully saturated rings. The Hall–Kier alpha value is -3.72. The number of hydrogen-bond donors (Lipinski definition) is 2. The summed E-state index contributed by atoms with van der Waals surface area (Å²) >= 11 is 0. The van der Waals surface area contributed by atoms with Gasteiger partial charge in [-0.05, 0) is 54.6 Å². The largest absolute Gasteiger partial charge is 0.354 e. The Morgan fingerprint density at radius 1 is 1.00 bits per heavy atom. The fourth-order valence-electron chi connectivity index (χ4n) is 2.16. The van der Waals surface area contributed by atoms with Crippen LogP contribution < -0.4 is 10.6 Å². The number of anilines is 3. The van der Waals surface area contributed by atoms with Crippen LogP contribution in [0.15, 0.2) is 66.9 Å². The molecule has 2 aromatic carbocycles. The minimum Gasteiger partial charge on any atom is -0.354 e. The lowest BCUT2D eigenvalue weighted by molar-refractivity contribution is 0.102. The number of carbonyl (C=O) groups is 1. The molecule has 3 aromatic rings. The molecule has 0 radical (unpaired) electrons. The predicted octanol–water partition coefficient (Wildman–Crippen LogP) is 4.09. The van der Waals surface area contributed by atoms with Gasteiger partial charge in [-0.25, -0.2) is 9.37 Å². The smallest absolute Gasteiger partial charge is 0.274 e. The summed E-state index contributed by atoms with van der Waals surface area (Å²) in [5.41, 5.74) is 2.72. The minimum atomic E-state index is -0.385. The summed E-state index contributed by atoms with van der Waals surface area (Å²) in [7, 11) is 0. The molecule has 0 aliphatic rings. The molecule has 1 amide bonds. The van der Waals surface area contributed by atoms with E-state index in [0.717, 1.165) is 5.69 Å². The van der Waals surface area contributed by atoms with Gasteiger partial charge in [-0.3, -0.25) is 4.79 Å². The molecule has 5 nitrogen and oxygen atoms in total. The summed E-state index contributed by atoms with van der Waals surface area (Å²) in [5, 5.41) is 14.7. The van der Waals surface area contributed by atoms with Crippen molar-refractivity contribution in [1.82, 2.24) is 4.98 Å². The van der Waals surface area contributed by atoms with Crippen molar-refractivity contribution in [3.63, 3.8) is 0 Å². The van der Waals surface area contributed by atoms with Gasteiger partial charge < -0.3 is 10.6 Å². The third-order valence-electron chi connectivity index (χ3n) is 3.38. The van der Waals surface area contributed by atoms with E-state index in [4.69, 9.17) is 5.26 Å². The molecule has 122 valence electrons. The fourth-order valence-corrected chi connectivity index (χ4v) is 2.16. The summed E-state index contributed by atoms with van der Waals surface area (Å²) in [5.74, 6) is -0.753. The summed E-state index contributed by atoms with van der Waals surface area (Å²) in [4.78, 5) is 16.2. The molecule has 6 heteroatoms. The molecular formula is C19H13FN4O. The van der Waals surface area contributed by atoms with Gasteiger partial charge in [-0.15, -0.1) is 0 Å². The Morgan fingerprint density at radius 3 is 2.44 bits per heavy atom. The number of rotatable bonds is 4. The molecule has 2 N–H and O–H groups in total. The molecule has 0 spiro atoms. The Kier molecular flexibility index (Phi) is 4.67. The molecule has 3 rings (SSSR count). The fraction of sp³-hybridized carbons (Fsp3) is 0. The van der Waals surface area contributed by atoms with Gasteiger partial charge in [0.2, 0.25) is 0 Å². The number of pyridine rings is 1. The second-order valence-electron chi connectivity index (χ2n) is 5.21. The highest BCUT2D eigenvalue weighted by atomic mass is 19.1. The van der Waals surface area contributed by atoms with E-state index in [1.807, 2.05) is 6.07 Å². The molecule has 0 atom stereocenters. The molecule has 0 saturated carbocycles. The van der Waals surface area contributed by atoms with E-state index in [0.29, 0.717) is 16.9 Å². The lowest BCUT2D eigenvalue weighted by atomic mass is 10.2. The lowest BCUT2D eigenvalue weighted by Gasteiger charge is -2.08. The maximum Gasteiger partial charge on any atom is 0.274 e. The first-order valence-electron chi connectivity index (χ1n) is 7.44. The maximum absolute atomic E-state index is 12.9. The maximum atomic E-state index is 12.9. The van der Waals surface area contributed by atoms with Crippen LogP contribution >= 0.6 is 0 Å². The highest BCUT2D eigenvalue weighted by Gasteiger charge is 2.08. The van der Waals surface area contributed by atoms with Gasteiger partial charge in [0, 0.05) is 11.4 Å². The van der Waals surface area contributed by atoms with Crippen molar-refractivity contribution in [2.75, 3.05) is 10.6 Å². The van der Waals surface area contributed by atoms with E-state index in [1.165, 1.54) is 30.5 Å². The van der Waals surface area contributed by atoms with E-state index < -0.39 is 0 Å². The molecule has 0 saturated heterocycles. The molecule has 25 heavy (non-hydrogen) atoms. The molecule has 0 aliphatic carbocycles. The van der Waals surface area contributed by atoms with Crippen molar-refractivity contribution in [2.45, 2.75) is 0 Å². The summed E-state index contributed by atoms with van der Waals surface area (Å²) in [6.45, 7) is 0. The van der Waals surface area contributed by atoms with Crippen LogP contribution in [0.25, 0.3) is 0 Å². The van der Waals surface area contributed by atoms with Gasteiger partial charge in [-0.2, -0.15) is 5.26 Å². The number of hydrogen-bond acceptors (Lipinski definition) is 4. The number of aromatic nitrogens is 1. The van der Waals surface area contributed by atoms with Crippen LogP contribution in [0.1, 0.15) is 16.1 Å². The Morgan fingerprint density at radius 2 is 1.76 bits per heavy atom. The van der Waals surface area contributed by atoms with Gasteiger partial charge in [-0.1, -0.05) is 6.07 Å². The van der Waals surface area contributed by atoms with Crippen molar-refractivity contribution < 1.29 is 9.18 Å². The highest BCUT2D eigenvalue weighted by molar-refractivity contribution is 6.02. The number of nitrogens with one attached hydrogen (secondary N) is 2. The molecule has 0 aliphatic heterocycles. The Labute approximate surface area is 143 Å². The number of nitriles is 1. The normalized spacial score (nSPS) is 9.92. The Bertz CT molecular complexity index is 931. The van der Waals surface area contributed by atoms with Crippen LogP contribution in [-0.2, 0) is 0 Å². The van der Waals surface area contributed by atoms with E-state index in [-0.39, 0.29) is 17.4 Å². The molecular weight excluding hydrogens is 319 g/mol. The minimum absolute atomic E-state index is 0.237. The zero-order valence-corrected chi connectivity index (χ0v) is 13.0. The van der Waals surface area contributed by atoms with Crippen LogP contribution in [0.4, 0.5) is 21.5 Å². The summed E-state index contributed by atoms with van der Waals surface area (Å²) < 4.78 is 12.9. The molecule has 0 unspecified atom stereocenters. The van der Waals surface area contributed by atoms with Crippen molar-refractivity contribution in [2.24, 2.45) is 0 Å². The van der Waals surface area contributed by atoms with Crippen LogP contribution in [0.5, 0.6) is 0 Å². The molecule has 1 heterocycles. The number of benzene rings is 2. The summed E-state index contributed by atoms with van der Waals surface area (Å²) in [6.07, 6.45) is 1.53. The van der Waals surface area contributed by atoms with E-state index >= 15 is 0 Å². The van der Waals surface area contributed by atoms with Gasteiger partial charge in [0.15, 0.2) is 0 Å². The van der Waals surface area contributed by atoms with Crippen LogP contribution in [0.3, 0.4) is 0 Å². The van der Waals surface area contributed by atoms with Gasteiger partial charge in [0.05, 0.1) is 23.5 Å². The first kappa shape index (κ1) is 16.1. The number of nitrogens with zero attached hydrogens (tertiary/aromatic N) is 2. The lowest BCUT2D eigenvalue weighted by Crippen LogP contribution is -2.13. The van der Waals surface area contributed by atoms with Crippen molar-refractivity contribution >= 4 is 23.0 Å². The van der Waals surface area contributed by atoms with Crippen LogP contribution in [0.2, 0.25) is 0 Å². The SMILES string of the molecule is N#Cc1cccc(Nc2ccc(C(=O)Nc3ccc(F)cc3)nc2)c1. The van der Waals surface area contributed by atoms with E-state index in [1.54, 1.807) is 30.3 Å². The molecule has 1 aromatic heterocycles. The zero-order valence-electron chi connectivity index (χ0n) is 13.0. The monoisotopic (exact) mass is 332 g/mol. The molecule has 0 bridgehead atoms. The van der Waals surface area contributed by atoms with Gasteiger partial charge in [0.1, 0.15) is 11.5 Å². The number of halogens is 1. The predicted molar refractivity (Wildman–Crippen MR) is 93.0 cm³/mol. The van der Waals surface area contributed by atoms with Crippen molar-refractivity contribution in [1.29, 1.82) is 5.26 Å². The quantitative estimate of drug-likeness (QED) is 0.754. The van der Waals surface area contributed by atoms with Crippen molar-refractivity contribution in [3.05, 3.63) is 83.9 Å². The highest BCUT2D eigenvalue weighted by Crippen LogP contribution is 2.17. The second kappa shape index (κ2) is 7.23. The van der Waals surface area contributed by atoms with E-state index in [2.05, 4.69) is 21.7 Å². The average molecular weight is 332 g/mol. The second-order valence-corrected chi connectivity index (χ2v) is 5.21. The number of amides is 1. The van der Waals surface area contributed by atoms with Gasteiger partial charge >= 0.3 is 0 Å². The topological polar surface area (TPSA) is 77.8 Å². The third kappa shape index (κ3) is 4.18. The first-order chi connectivity index (χ1) is 12.1. The van der Waals surface area contributed by atoms with Crippen LogP contribution in [-0.4, -0.2) is 10.9 Å². The third-order valence-corrected chi connectivity index (χ3v) is 3.38. The summed E-state index contributed by atoms with van der Waals surface area (Å²) in [6, 6.07) is 17.9. The Balaban J connectivity index is 1.68. The first-order valence-corrected chi connectivity index (χ1v) is 7.44. The number of carbonyl (C=O) groups excluding carboxylic acids is 1. The van der Waals surface area contributed by atoms with Gasteiger partial charge in [0.25, 0.3) is 5.91 Å². The average Bonchev–Trinajstić information content (AvgIpc) is 2.64.